The number of hydrogen-bond acceptors (Lipinski definition) is 3. The van der Waals surface area contributed by atoms with E-state index in [0.717, 1.165) is 12.3 Å². The molecule has 0 aliphatic heterocycles. The highest BCUT2D eigenvalue weighted by atomic mass is 32.2. The summed E-state index contributed by atoms with van der Waals surface area (Å²) in [5, 5.41) is 9.09. The van der Waals surface area contributed by atoms with Gasteiger partial charge in [-0.15, -0.1) is 11.8 Å². The summed E-state index contributed by atoms with van der Waals surface area (Å²) < 4.78 is 0. The Hall–Kier alpha value is -0.670. The SMILES string of the molecule is CN(C)CCCSc1ccc(O)cc1. The predicted molar refractivity (Wildman–Crippen MR) is 62.0 cm³/mol. The Morgan fingerprint density at radius 1 is 1.21 bits per heavy atom. The molecule has 0 aromatic heterocycles. The highest BCUT2D eigenvalue weighted by Crippen LogP contribution is 2.21. The molecule has 1 aromatic carbocycles. The Morgan fingerprint density at radius 3 is 2.43 bits per heavy atom. The minimum Gasteiger partial charge on any atom is -0.508 e. The summed E-state index contributed by atoms with van der Waals surface area (Å²) in [5.74, 6) is 1.46. The fourth-order valence-corrected chi connectivity index (χ4v) is 1.95. The molecule has 0 fully saturated rings. The van der Waals surface area contributed by atoms with E-state index in [1.807, 2.05) is 23.9 Å². The molecule has 1 rings (SSSR count). The number of nitrogens with zero attached hydrogens (tertiary/aromatic N) is 1. The third-order valence-electron chi connectivity index (χ3n) is 1.86. The first-order valence-electron chi connectivity index (χ1n) is 4.75. The molecule has 78 valence electrons. The molecule has 0 unspecified atom stereocenters. The maximum Gasteiger partial charge on any atom is 0.115 e. The van der Waals surface area contributed by atoms with Crippen molar-refractivity contribution in [3.05, 3.63) is 24.3 Å². The van der Waals surface area contributed by atoms with Crippen molar-refractivity contribution < 1.29 is 5.11 Å². The van der Waals surface area contributed by atoms with Gasteiger partial charge < -0.3 is 10.0 Å². The van der Waals surface area contributed by atoms with E-state index in [0.29, 0.717) is 5.75 Å². The lowest BCUT2D eigenvalue weighted by molar-refractivity contribution is 0.410. The van der Waals surface area contributed by atoms with Crippen LogP contribution in [0.5, 0.6) is 5.75 Å². The monoisotopic (exact) mass is 211 g/mol. The van der Waals surface area contributed by atoms with Crippen molar-refractivity contribution in [2.75, 3.05) is 26.4 Å². The minimum absolute atomic E-state index is 0.336. The lowest BCUT2D eigenvalue weighted by Crippen LogP contribution is -2.13. The maximum atomic E-state index is 9.09. The lowest BCUT2D eigenvalue weighted by Gasteiger charge is -2.08. The summed E-state index contributed by atoms with van der Waals surface area (Å²) in [7, 11) is 4.18. The molecular formula is C11H17NOS. The predicted octanol–water partition coefficient (Wildman–Crippen LogP) is 2.44. The largest absolute Gasteiger partial charge is 0.508 e. The summed E-state index contributed by atoms with van der Waals surface area (Å²) in [6, 6.07) is 7.37. The fourth-order valence-electron chi connectivity index (χ4n) is 1.11. The number of benzene rings is 1. The van der Waals surface area contributed by atoms with Gasteiger partial charge in [0.2, 0.25) is 0 Å². The van der Waals surface area contributed by atoms with Crippen LogP contribution in [0.15, 0.2) is 29.2 Å². The lowest BCUT2D eigenvalue weighted by atomic mass is 10.3. The Balaban J connectivity index is 2.21. The minimum atomic E-state index is 0.336. The van der Waals surface area contributed by atoms with E-state index in [1.54, 1.807) is 12.1 Å². The van der Waals surface area contributed by atoms with Gasteiger partial charge >= 0.3 is 0 Å². The van der Waals surface area contributed by atoms with Crippen molar-refractivity contribution in [1.82, 2.24) is 4.90 Å². The average Bonchev–Trinajstić information content (AvgIpc) is 2.15. The van der Waals surface area contributed by atoms with E-state index in [4.69, 9.17) is 5.11 Å². The molecule has 14 heavy (non-hydrogen) atoms. The van der Waals surface area contributed by atoms with Crippen LogP contribution >= 0.6 is 11.8 Å². The van der Waals surface area contributed by atoms with Crippen LogP contribution in [-0.2, 0) is 0 Å². The second-order valence-electron chi connectivity index (χ2n) is 3.50. The zero-order chi connectivity index (χ0) is 10.4. The fraction of sp³-hybridized carbons (Fsp3) is 0.455. The number of hydrogen-bond donors (Lipinski definition) is 1. The zero-order valence-electron chi connectivity index (χ0n) is 8.73. The van der Waals surface area contributed by atoms with Gasteiger partial charge in [0.05, 0.1) is 0 Å². The zero-order valence-corrected chi connectivity index (χ0v) is 9.55. The summed E-state index contributed by atoms with van der Waals surface area (Å²) in [6.45, 7) is 1.13. The van der Waals surface area contributed by atoms with Crippen LogP contribution in [0.2, 0.25) is 0 Å². The Labute approximate surface area is 89.9 Å². The first kappa shape index (κ1) is 11.4. The molecule has 1 aromatic rings. The Bertz CT molecular complexity index is 258. The Kier molecular flexibility index (Phi) is 4.84. The van der Waals surface area contributed by atoms with Crippen LogP contribution in [-0.4, -0.2) is 36.4 Å². The smallest absolute Gasteiger partial charge is 0.115 e. The van der Waals surface area contributed by atoms with Gasteiger partial charge in [0.25, 0.3) is 0 Å². The molecule has 0 aliphatic carbocycles. The van der Waals surface area contributed by atoms with E-state index in [2.05, 4.69) is 19.0 Å². The molecule has 0 atom stereocenters. The maximum absolute atomic E-state index is 9.09. The second-order valence-corrected chi connectivity index (χ2v) is 4.67. The molecular weight excluding hydrogens is 194 g/mol. The molecule has 0 heterocycles. The highest BCUT2D eigenvalue weighted by molar-refractivity contribution is 7.99. The third-order valence-corrected chi connectivity index (χ3v) is 2.95. The molecule has 1 N–H and O–H groups in total. The number of phenols is 1. The van der Waals surface area contributed by atoms with Crippen molar-refractivity contribution in [3.8, 4) is 5.75 Å². The number of rotatable bonds is 5. The number of aromatic hydroxyl groups is 1. The van der Waals surface area contributed by atoms with Crippen molar-refractivity contribution in [2.45, 2.75) is 11.3 Å². The van der Waals surface area contributed by atoms with Gasteiger partial charge in [-0.1, -0.05) is 0 Å². The molecule has 3 heteroatoms. The first-order valence-corrected chi connectivity index (χ1v) is 5.73. The Morgan fingerprint density at radius 2 is 1.86 bits per heavy atom. The average molecular weight is 211 g/mol. The van der Waals surface area contributed by atoms with E-state index in [9.17, 15) is 0 Å². The topological polar surface area (TPSA) is 23.5 Å². The van der Waals surface area contributed by atoms with Crippen LogP contribution in [0, 0.1) is 0 Å². The standard InChI is InChI=1S/C11H17NOS/c1-12(2)8-3-9-14-11-6-4-10(13)5-7-11/h4-7,13H,3,8-9H2,1-2H3. The van der Waals surface area contributed by atoms with Crippen molar-refractivity contribution in [1.29, 1.82) is 0 Å². The van der Waals surface area contributed by atoms with Gasteiger partial charge in [0, 0.05) is 4.90 Å². The molecule has 0 saturated carbocycles. The van der Waals surface area contributed by atoms with Gasteiger partial charge in [0.1, 0.15) is 5.75 Å². The van der Waals surface area contributed by atoms with E-state index in [-0.39, 0.29) is 0 Å². The summed E-state index contributed by atoms with van der Waals surface area (Å²) in [4.78, 5) is 3.42. The third kappa shape index (κ3) is 4.53. The molecule has 0 radical (unpaired) electrons. The quantitative estimate of drug-likeness (QED) is 0.598. The highest BCUT2D eigenvalue weighted by Gasteiger charge is 1.95. The molecule has 0 aliphatic rings. The van der Waals surface area contributed by atoms with E-state index in [1.165, 1.54) is 11.3 Å². The summed E-state index contributed by atoms with van der Waals surface area (Å²) in [5.41, 5.74) is 0. The number of thioether (sulfide) groups is 1. The van der Waals surface area contributed by atoms with Crippen LogP contribution < -0.4 is 0 Å². The summed E-state index contributed by atoms with van der Waals surface area (Å²) in [6.07, 6.45) is 1.19. The van der Waals surface area contributed by atoms with Gasteiger partial charge in [-0.25, -0.2) is 0 Å². The molecule has 0 spiro atoms. The van der Waals surface area contributed by atoms with Crippen LogP contribution in [0.25, 0.3) is 0 Å². The molecule has 0 saturated heterocycles. The molecule has 0 amide bonds. The van der Waals surface area contributed by atoms with Crippen LogP contribution in [0.3, 0.4) is 0 Å². The van der Waals surface area contributed by atoms with Crippen LogP contribution in [0.4, 0.5) is 0 Å². The molecule has 0 bridgehead atoms. The van der Waals surface area contributed by atoms with Crippen molar-refractivity contribution in [3.63, 3.8) is 0 Å². The van der Waals surface area contributed by atoms with Crippen molar-refractivity contribution >= 4 is 11.8 Å². The van der Waals surface area contributed by atoms with Gasteiger partial charge in [-0.3, -0.25) is 0 Å². The van der Waals surface area contributed by atoms with Gasteiger partial charge in [-0.05, 0) is 57.1 Å². The normalized spacial score (nSPS) is 10.8. The van der Waals surface area contributed by atoms with Gasteiger partial charge in [-0.2, -0.15) is 0 Å². The van der Waals surface area contributed by atoms with Gasteiger partial charge in [0.15, 0.2) is 0 Å². The molecule has 2 nitrogen and oxygen atoms in total. The van der Waals surface area contributed by atoms with Crippen molar-refractivity contribution in [2.24, 2.45) is 0 Å². The second kappa shape index (κ2) is 5.94. The van der Waals surface area contributed by atoms with Crippen LogP contribution in [0.1, 0.15) is 6.42 Å². The van der Waals surface area contributed by atoms with E-state index < -0.39 is 0 Å². The number of phenolic OH excluding ortho intramolecular Hbond substituents is 1. The van der Waals surface area contributed by atoms with E-state index >= 15 is 0 Å². The first-order chi connectivity index (χ1) is 6.68. The summed E-state index contributed by atoms with van der Waals surface area (Å²) >= 11 is 1.83.